The predicted molar refractivity (Wildman–Crippen MR) is 88.2 cm³/mol. The average molecular weight is 299 g/mol. The smallest absolute Gasteiger partial charge is 0.192 e. The molecule has 1 atom stereocenters. The van der Waals surface area contributed by atoms with Crippen LogP contribution in [0, 0.1) is 0 Å². The molecule has 0 spiro atoms. The quantitative estimate of drug-likeness (QED) is 0.880. The Hall–Kier alpha value is -2.11. The van der Waals surface area contributed by atoms with Crippen LogP contribution in [0.3, 0.4) is 0 Å². The van der Waals surface area contributed by atoms with Gasteiger partial charge in [0.15, 0.2) is 5.11 Å². The Balaban J connectivity index is 1.97. The summed E-state index contributed by atoms with van der Waals surface area (Å²) >= 11 is 5.54. The van der Waals surface area contributed by atoms with E-state index in [9.17, 15) is 0 Å². The van der Waals surface area contributed by atoms with E-state index in [0.29, 0.717) is 0 Å². The zero-order valence-electron chi connectivity index (χ0n) is 12.0. The van der Waals surface area contributed by atoms with E-state index in [1.165, 1.54) is 5.56 Å². The van der Waals surface area contributed by atoms with Crippen molar-refractivity contribution < 1.29 is 4.74 Å². The maximum Gasteiger partial charge on any atom is 0.192 e. The Morgan fingerprint density at radius 3 is 2.33 bits per heavy atom. The first kappa shape index (κ1) is 13.9. The number of hydrogen-bond acceptors (Lipinski definition) is 3. The van der Waals surface area contributed by atoms with Gasteiger partial charge in [0.25, 0.3) is 0 Å². The summed E-state index contributed by atoms with van der Waals surface area (Å²) in [6.45, 7) is 0. The standard InChI is InChI=1S/C16H17N3OS/c1-18-16(21)19(13-8-10-14(20-2)11-9-13)15(17-18)12-6-4-3-5-7-12/h3-11,15,17H,1-2H3. The number of thiocarbonyl (C=S) groups is 1. The van der Waals surface area contributed by atoms with Gasteiger partial charge in [-0.15, -0.1) is 0 Å². The van der Waals surface area contributed by atoms with Crippen LogP contribution in [0.15, 0.2) is 54.6 Å². The third-order valence-corrected chi connectivity index (χ3v) is 4.00. The second kappa shape index (κ2) is 5.71. The molecule has 2 aromatic carbocycles. The van der Waals surface area contributed by atoms with Crippen LogP contribution >= 0.6 is 12.2 Å². The second-order valence-corrected chi connectivity index (χ2v) is 5.22. The zero-order valence-corrected chi connectivity index (χ0v) is 12.8. The molecule has 21 heavy (non-hydrogen) atoms. The molecule has 1 aliphatic rings. The average Bonchev–Trinajstić information content (AvgIpc) is 2.84. The molecule has 0 aromatic heterocycles. The predicted octanol–water partition coefficient (Wildman–Crippen LogP) is 2.94. The molecule has 1 saturated heterocycles. The molecule has 0 aliphatic carbocycles. The van der Waals surface area contributed by atoms with E-state index >= 15 is 0 Å². The number of anilines is 1. The minimum absolute atomic E-state index is 0.00269. The van der Waals surface area contributed by atoms with E-state index in [1.54, 1.807) is 7.11 Å². The number of hydrogen-bond donors (Lipinski definition) is 1. The van der Waals surface area contributed by atoms with Crippen LogP contribution in [0.25, 0.3) is 0 Å². The summed E-state index contributed by atoms with van der Waals surface area (Å²) < 4.78 is 5.21. The summed E-state index contributed by atoms with van der Waals surface area (Å²) in [5, 5.41) is 2.62. The Morgan fingerprint density at radius 2 is 1.71 bits per heavy atom. The van der Waals surface area contributed by atoms with E-state index in [-0.39, 0.29) is 6.17 Å². The minimum Gasteiger partial charge on any atom is -0.497 e. The molecule has 1 unspecified atom stereocenters. The zero-order chi connectivity index (χ0) is 14.8. The minimum atomic E-state index is -0.00269. The highest BCUT2D eigenvalue weighted by Crippen LogP contribution is 2.31. The Labute approximate surface area is 129 Å². The third kappa shape index (κ3) is 2.57. The first-order valence-corrected chi connectivity index (χ1v) is 7.13. The van der Waals surface area contributed by atoms with Gasteiger partial charge in [-0.25, -0.2) is 5.43 Å². The number of benzene rings is 2. The van der Waals surface area contributed by atoms with E-state index in [0.717, 1.165) is 16.5 Å². The lowest BCUT2D eigenvalue weighted by molar-refractivity contribution is 0.369. The number of methoxy groups -OCH3 is 1. The lowest BCUT2D eigenvalue weighted by atomic mass is 10.1. The Bertz CT molecular complexity index is 630. The lowest BCUT2D eigenvalue weighted by Crippen LogP contribution is -2.30. The number of ether oxygens (including phenoxy) is 1. The molecule has 0 radical (unpaired) electrons. The second-order valence-electron chi connectivity index (χ2n) is 4.85. The van der Waals surface area contributed by atoms with Crippen LogP contribution < -0.4 is 15.1 Å². The molecule has 0 bridgehead atoms. The molecular formula is C16H17N3OS. The molecule has 2 aromatic rings. The summed E-state index contributed by atoms with van der Waals surface area (Å²) in [7, 11) is 3.60. The first-order valence-electron chi connectivity index (χ1n) is 6.73. The van der Waals surface area contributed by atoms with Gasteiger partial charge < -0.3 is 4.74 Å². The van der Waals surface area contributed by atoms with Crippen LogP contribution in [0.5, 0.6) is 5.75 Å². The normalized spacial score (nSPS) is 18.2. The number of hydrazine groups is 1. The van der Waals surface area contributed by atoms with Gasteiger partial charge in [0, 0.05) is 12.7 Å². The monoisotopic (exact) mass is 299 g/mol. The van der Waals surface area contributed by atoms with Crippen LogP contribution in [0.4, 0.5) is 5.69 Å². The van der Waals surface area contributed by atoms with Crippen molar-refractivity contribution in [3.63, 3.8) is 0 Å². The fourth-order valence-electron chi connectivity index (χ4n) is 2.43. The van der Waals surface area contributed by atoms with Gasteiger partial charge in [0.05, 0.1) is 7.11 Å². The number of rotatable bonds is 3. The topological polar surface area (TPSA) is 27.7 Å². The van der Waals surface area contributed by atoms with Gasteiger partial charge in [-0.3, -0.25) is 9.91 Å². The van der Waals surface area contributed by atoms with Gasteiger partial charge in [-0.05, 0) is 42.0 Å². The fourth-order valence-corrected chi connectivity index (χ4v) is 2.69. The molecule has 1 fully saturated rings. The largest absolute Gasteiger partial charge is 0.497 e. The van der Waals surface area contributed by atoms with Gasteiger partial charge in [-0.2, -0.15) is 0 Å². The van der Waals surface area contributed by atoms with Crippen LogP contribution in [-0.4, -0.2) is 24.3 Å². The van der Waals surface area contributed by atoms with Crippen molar-refractivity contribution in [1.29, 1.82) is 0 Å². The van der Waals surface area contributed by atoms with Gasteiger partial charge in [-0.1, -0.05) is 30.3 Å². The number of nitrogens with zero attached hydrogens (tertiary/aromatic N) is 2. The van der Waals surface area contributed by atoms with Crippen LogP contribution in [0.1, 0.15) is 11.7 Å². The highest BCUT2D eigenvalue weighted by atomic mass is 32.1. The van der Waals surface area contributed by atoms with E-state index < -0.39 is 0 Å². The highest BCUT2D eigenvalue weighted by molar-refractivity contribution is 7.80. The first-order chi connectivity index (χ1) is 10.2. The Morgan fingerprint density at radius 1 is 1.05 bits per heavy atom. The molecule has 3 rings (SSSR count). The van der Waals surface area contributed by atoms with Crippen molar-refractivity contribution >= 4 is 23.0 Å². The molecule has 1 N–H and O–H groups in total. The summed E-state index contributed by atoms with van der Waals surface area (Å²) in [5.74, 6) is 0.835. The lowest BCUT2D eigenvalue weighted by Gasteiger charge is -2.24. The molecule has 0 saturated carbocycles. The van der Waals surface area contributed by atoms with Crippen LogP contribution in [0.2, 0.25) is 0 Å². The molecule has 0 amide bonds. The van der Waals surface area contributed by atoms with Crippen molar-refractivity contribution in [2.75, 3.05) is 19.1 Å². The molecule has 1 aliphatic heterocycles. The Kier molecular flexibility index (Phi) is 3.77. The van der Waals surface area contributed by atoms with Crippen molar-refractivity contribution in [2.24, 2.45) is 0 Å². The van der Waals surface area contributed by atoms with E-state index in [1.807, 2.05) is 54.5 Å². The van der Waals surface area contributed by atoms with E-state index in [2.05, 4.69) is 22.5 Å². The highest BCUT2D eigenvalue weighted by Gasteiger charge is 2.33. The molecule has 5 heteroatoms. The SMILES string of the molecule is COc1ccc(N2C(=S)N(C)NC2c2ccccc2)cc1. The molecular weight excluding hydrogens is 282 g/mol. The van der Waals surface area contributed by atoms with Gasteiger partial charge >= 0.3 is 0 Å². The van der Waals surface area contributed by atoms with E-state index in [4.69, 9.17) is 17.0 Å². The summed E-state index contributed by atoms with van der Waals surface area (Å²) in [6, 6.07) is 18.2. The van der Waals surface area contributed by atoms with Crippen molar-refractivity contribution in [1.82, 2.24) is 10.4 Å². The van der Waals surface area contributed by atoms with Gasteiger partial charge in [0.1, 0.15) is 11.9 Å². The molecule has 1 heterocycles. The van der Waals surface area contributed by atoms with Crippen molar-refractivity contribution in [3.05, 3.63) is 60.2 Å². The fraction of sp³-hybridized carbons (Fsp3) is 0.188. The van der Waals surface area contributed by atoms with Crippen LogP contribution in [-0.2, 0) is 0 Å². The maximum absolute atomic E-state index is 5.54. The van der Waals surface area contributed by atoms with Crippen molar-refractivity contribution in [2.45, 2.75) is 6.17 Å². The molecule has 108 valence electrons. The van der Waals surface area contributed by atoms with Crippen molar-refractivity contribution in [3.8, 4) is 5.75 Å². The maximum atomic E-state index is 5.54. The molecule has 4 nitrogen and oxygen atoms in total. The summed E-state index contributed by atoms with van der Waals surface area (Å²) in [6.07, 6.45) is -0.00269. The summed E-state index contributed by atoms with van der Waals surface area (Å²) in [4.78, 5) is 2.10. The number of nitrogens with one attached hydrogen (secondary N) is 1. The van der Waals surface area contributed by atoms with Gasteiger partial charge in [0.2, 0.25) is 0 Å². The summed E-state index contributed by atoms with van der Waals surface area (Å²) in [5.41, 5.74) is 5.58. The third-order valence-electron chi connectivity index (χ3n) is 3.53.